The predicted molar refractivity (Wildman–Crippen MR) is 40.2 cm³/mol. The van der Waals surface area contributed by atoms with Crippen LogP contribution in [0.1, 0.15) is 33.1 Å². The molecule has 1 saturated carbocycles. The maximum absolute atomic E-state index is 5.88. The molecule has 0 heterocycles. The fourth-order valence-corrected chi connectivity index (χ4v) is 1.49. The second kappa shape index (κ2) is 2.70. The van der Waals surface area contributed by atoms with Crippen molar-refractivity contribution in [3.05, 3.63) is 0 Å². The molecular weight excluding hydrogens is 110 g/mol. The molecule has 0 aromatic carbocycles. The predicted octanol–water partition coefficient (Wildman–Crippen LogP) is 1.77. The van der Waals surface area contributed by atoms with E-state index >= 15 is 0 Å². The first kappa shape index (κ1) is 7.07. The average molecular weight is 127 g/mol. The Kier molecular flexibility index (Phi) is 2.12. The zero-order valence-electron chi connectivity index (χ0n) is 6.43. The summed E-state index contributed by atoms with van der Waals surface area (Å²) in [6.07, 6.45) is 3.83. The van der Waals surface area contributed by atoms with Crippen molar-refractivity contribution in [1.82, 2.24) is 0 Å². The van der Waals surface area contributed by atoms with Gasteiger partial charge < -0.3 is 5.73 Å². The van der Waals surface area contributed by atoms with E-state index in [2.05, 4.69) is 13.8 Å². The van der Waals surface area contributed by atoms with Gasteiger partial charge in [-0.05, 0) is 24.7 Å². The summed E-state index contributed by atoms with van der Waals surface area (Å²) in [5.74, 6) is 1.79. The highest BCUT2D eigenvalue weighted by Crippen LogP contribution is 2.40. The van der Waals surface area contributed by atoms with Crippen LogP contribution in [-0.2, 0) is 0 Å². The van der Waals surface area contributed by atoms with Crippen LogP contribution in [0.15, 0.2) is 0 Å². The molecule has 54 valence electrons. The topological polar surface area (TPSA) is 26.0 Å². The van der Waals surface area contributed by atoms with Gasteiger partial charge in [-0.25, -0.2) is 0 Å². The Bertz CT molecular complexity index is 90.6. The third kappa shape index (κ3) is 1.68. The normalized spacial score (nSPS) is 36.3. The van der Waals surface area contributed by atoms with Crippen LogP contribution in [0.4, 0.5) is 0 Å². The van der Waals surface area contributed by atoms with E-state index in [0.717, 1.165) is 11.8 Å². The number of rotatable bonds is 3. The van der Waals surface area contributed by atoms with Crippen LogP contribution in [0.3, 0.4) is 0 Å². The molecule has 9 heavy (non-hydrogen) atoms. The Hall–Kier alpha value is -0.0400. The van der Waals surface area contributed by atoms with Gasteiger partial charge in [0.1, 0.15) is 0 Å². The van der Waals surface area contributed by atoms with Crippen LogP contribution in [0.2, 0.25) is 0 Å². The number of nitrogens with two attached hydrogens (primary N) is 1. The van der Waals surface area contributed by atoms with E-state index in [0.29, 0.717) is 6.04 Å². The molecule has 1 heteroatoms. The SMILES string of the molecule is CCC[C@H](N)C1CC1C. The summed E-state index contributed by atoms with van der Waals surface area (Å²) in [6.45, 7) is 4.49. The molecule has 0 radical (unpaired) electrons. The van der Waals surface area contributed by atoms with E-state index in [9.17, 15) is 0 Å². The highest BCUT2D eigenvalue weighted by atomic mass is 14.7. The van der Waals surface area contributed by atoms with Crippen LogP contribution in [-0.4, -0.2) is 6.04 Å². The van der Waals surface area contributed by atoms with Crippen molar-refractivity contribution in [2.75, 3.05) is 0 Å². The summed E-state index contributed by atoms with van der Waals surface area (Å²) in [7, 11) is 0. The average Bonchev–Trinajstić information content (AvgIpc) is 2.47. The Balaban J connectivity index is 2.11. The molecule has 0 amide bonds. The molecule has 2 N–H and O–H groups in total. The first-order valence-corrected chi connectivity index (χ1v) is 4.01. The number of hydrogen-bond donors (Lipinski definition) is 1. The molecule has 0 aromatic rings. The van der Waals surface area contributed by atoms with Gasteiger partial charge in [0.2, 0.25) is 0 Å². The second-order valence-corrected chi connectivity index (χ2v) is 3.33. The lowest BCUT2D eigenvalue weighted by Crippen LogP contribution is -2.22. The lowest BCUT2D eigenvalue weighted by atomic mass is 10.1. The molecule has 1 aliphatic rings. The van der Waals surface area contributed by atoms with Gasteiger partial charge >= 0.3 is 0 Å². The Morgan fingerprint density at radius 3 is 2.56 bits per heavy atom. The highest BCUT2D eigenvalue weighted by molar-refractivity contribution is 4.90. The molecule has 1 rings (SSSR count). The van der Waals surface area contributed by atoms with Gasteiger partial charge in [-0.3, -0.25) is 0 Å². The maximum Gasteiger partial charge on any atom is 0.00697 e. The summed E-state index contributed by atoms with van der Waals surface area (Å²) < 4.78 is 0. The third-order valence-electron chi connectivity index (χ3n) is 2.34. The summed E-state index contributed by atoms with van der Waals surface area (Å²) >= 11 is 0. The smallest absolute Gasteiger partial charge is 0.00697 e. The van der Waals surface area contributed by atoms with Gasteiger partial charge in [-0.2, -0.15) is 0 Å². The molecule has 1 aliphatic carbocycles. The van der Waals surface area contributed by atoms with Crippen LogP contribution in [0, 0.1) is 11.8 Å². The molecule has 0 saturated heterocycles. The quantitative estimate of drug-likeness (QED) is 0.614. The van der Waals surface area contributed by atoms with E-state index < -0.39 is 0 Å². The van der Waals surface area contributed by atoms with Crippen LogP contribution < -0.4 is 5.73 Å². The van der Waals surface area contributed by atoms with Gasteiger partial charge in [-0.15, -0.1) is 0 Å². The van der Waals surface area contributed by atoms with Gasteiger partial charge in [0.25, 0.3) is 0 Å². The van der Waals surface area contributed by atoms with Crippen LogP contribution in [0.5, 0.6) is 0 Å². The van der Waals surface area contributed by atoms with Crippen molar-refractivity contribution in [3.63, 3.8) is 0 Å². The molecule has 1 nitrogen and oxygen atoms in total. The highest BCUT2D eigenvalue weighted by Gasteiger charge is 2.36. The van der Waals surface area contributed by atoms with E-state index in [4.69, 9.17) is 5.73 Å². The van der Waals surface area contributed by atoms with Crippen LogP contribution >= 0.6 is 0 Å². The Morgan fingerprint density at radius 1 is 1.67 bits per heavy atom. The molecule has 2 unspecified atom stereocenters. The molecule has 0 aliphatic heterocycles. The second-order valence-electron chi connectivity index (χ2n) is 3.33. The summed E-state index contributed by atoms with van der Waals surface area (Å²) in [6, 6.07) is 0.505. The minimum atomic E-state index is 0.505. The minimum Gasteiger partial charge on any atom is -0.327 e. The standard InChI is InChI=1S/C8H17N/c1-3-4-8(9)7-5-6(7)2/h6-8H,3-5,9H2,1-2H3/t6?,7?,8-/m0/s1. The van der Waals surface area contributed by atoms with E-state index in [1.807, 2.05) is 0 Å². The van der Waals surface area contributed by atoms with E-state index in [-0.39, 0.29) is 0 Å². The molecular formula is C8H17N. The zero-order valence-corrected chi connectivity index (χ0v) is 6.43. The number of hydrogen-bond acceptors (Lipinski definition) is 1. The maximum atomic E-state index is 5.88. The van der Waals surface area contributed by atoms with Crippen molar-refractivity contribution >= 4 is 0 Å². The van der Waals surface area contributed by atoms with E-state index in [1.165, 1.54) is 19.3 Å². The largest absolute Gasteiger partial charge is 0.327 e. The summed E-state index contributed by atoms with van der Waals surface area (Å²) in [4.78, 5) is 0. The fourth-order valence-electron chi connectivity index (χ4n) is 1.49. The third-order valence-corrected chi connectivity index (χ3v) is 2.34. The first-order chi connectivity index (χ1) is 4.25. The molecule has 1 fully saturated rings. The Morgan fingerprint density at radius 2 is 2.22 bits per heavy atom. The molecule has 0 spiro atoms. The fraction of sp³-hybridized carbons (Fsp3) is 1.00. The van der Waals surface area contributed by atoms with Gasteiger partial charge in [0.05, 0.1) is 0 Å². The summed E-state index contributed by atoms with van der Waals surface area (Å²) in [5, 5.41) is 0. The molecule has 0 bridgehead atoms. The minimum absolute atomic E-state index is 0.505. The lowest BCUT2D eigenvalue weighted by molar-refractivity contribution is 0.519. The molecule has 0 aromatic heterocycles. The van der Waals surface area contributed by atoms with Gasteiger partial charge in [-0.1, -0.05) is 20.3 Å². The van der Waals surface area contributed by atoms with Gasteiger partial charge in [0, 0.05) is 6.04 Å². The zero-order chi connectivity index (χ0) is 6.85. The first-order valence-electron chi connectivity index (χ1n) is 4.01. The molecule has 3 atom stereocenters. The van der Waals surface area contributed by atoms with E-state index in [1.54, 1.807) is 0 Å². The lowest BCUT2D eigenvalue weighted by Gasteiger charge is -2.07. The van der Waals surface area contributed by atoms with Crippen molar-refractivity contribution in [1.29, 1.82) is 0 Å². The van der Waals surface area contributed by atoms with Gasteiger partial charge in [0.15, 0.2) is 0 Å². The van der Waals surface area contributed by atoms with Crippen molar-refractivity contribution < 1.29 is 0 Å². The van der Waals surface area contributed by atoms with Crippen molar-refractivity contribution in [2.45, 2.75) is 39.2 Å². The van der Waals surface area contributed by atoms with Crippen molar-refractivity contribution in [2.24, 2.45) is 17.6 Å². The summed E-state index contributed by atoms with van der Waals surface area (Å²) in [5.41, 5.74) is 5.88. The monoisotopic (exact) mass is 127 g/mol. The Labute approximate surface area is 57.6 Å². The van der Waals surface area contributed by atoms with Crippen molar-refractivity contribution in [3.8, 4) is 0 Å². The van der Waals surface area contributed by atoms with Crippen LogP contribution in [0.25, 0.3) is 0 Å².